The molecule has 0 spiro atoms. The Balaban J connectivity index is 1.32. The predicted octanol–water partition coefficient (Wildman–Crippen LogP) is 2.85. The number of rotatable bonds is 7. The van der Waals surface area contributed by atoms with E-state index in [1.54, 1.807) is 6.07 Å². The Morgan fingerprint density at radius 1 is 1.07 bits per heavy atom. The fourth-order valence-electron chi connectivity index (χ4n) is 2.77. The Hall–Kier alpha value is -3.11. The molecule has 30 heavy (non-hydrogen) atoms. The monoisotopic (exact) mass is 449 g/mol. The normalized spacial score (nSPS) is 12.7. The second-order valence-electron chi connectivity index (χ2n) is 6.44. The van der Waals surface area contributed by atoms with Gasteiger partial charge in [-0.05, 0) is 42.0 Å². The van der Waals surface area contributed by atoms with Crippen molar-refractivity contribution in [3.8, 4) is 11.5 Å². The number of ether oxygens (including phenoxy) is 2. The Labute approximate surface area is 176 Å². The van der Waals surface area contributed by atoms with Gasteiger partial charge < -0.3 is 13.9 Å². The third kappa shape index (κ3) is 4.71. The Morgan fingerprint density at radius 2 is 1.83 bits per heavy atom. The molecule has 1 aliphatic heterocycles. The summed E-state index contributed by atoms with van der Waals surface area (Å²) in [6.07, 6.45) is 0.0787. The van der Waals surface area contributed by atoms with Gasteiger partial charge in [-0.1, -0.05) is 22.8 Å². The number of nitrogens with one attached hydrogen (secondary N) is 1. The number of aromatic nitrogens is 2. The van der Waals surface area contributed by atoms with Crippen molar-refractivity contribution in [1.29, 1.82) is 0 Å². The van der Waals surface area contributed by atoms with Gasteiger partial charge in [0.15, 0.2) is 21.3 Å². The number of carbonyl (C=O) groups is 1. The average molecular weight is 450 g/mol. The van der Waals surface area contributed by atoms with Gasteiger partial charge in [-0.15, -0.1) is 5.10 Å². The van der Waals surface area contributed by atoms with Crippen molar-refractivity contribution in [3.05, 3.63) is 58.9 Å². The molecule has 3 aromatic rings. The van der Waals surface area contributed by atoms with Crippen molar-refractivity contribution in [2.75, 3.05) is 17.9 Å². The predicted molar refractivity (Wildman–Crippen MR) is 106 cm³/mol. The molecule has 0 atom stereocenters. The Morgan fingerprint density at radius 3 is 2.63 bits per heavy atom. The number of carbonyl (C=O) groups excluding carboxylic acids is 1. The molecule has 0 radical (unpaired) electrons. The maximum Gasteiger partial charge on any atom is 0.322 e. The van der Waals surface area contributed by atoms with E-state index in [2.05, 4.69) is 15.5 Å². The lowest BCUT2D eigenvalue weighted by atomic mass is 10.1. The number of hydrogen-bond donors (Lipinski definition) is 1. The molecule has 9 nitrogen and oxygen atoms in total. The summed E-state index contributed by atoms with van der Waals surface area (Å²) < 4.78 is 40.6. The zero-order valence-corrected chi connectivity index (χ0v) is 17.1. The highest BCUT2D eigenvalue weighted by molar-refractivity contribution is 7.91. The van der Waals surface area contributed by atoms with E-state index in [0.29, 0.717) is 22.9 Å². The number of fused-ring (bicyclic) bond motifs is 1. The highest BCUT2D eigenvalue weighted by Gasteiger charge is 2.18. The molecule has 0 unspecified atom stereocenters. The van der Waals surface area contributed by atoms with Gasteiger partial charge in [0.25, 0.3) is 0 Å². The number of anilines is 1. The number of nitrogens with zero attached hydrogens (tertiary/aromatic N) is 2. The van der Waals surface area contributed by atoms with Crippen LogP contribution in [0.5, 0.6) is 11.5 Å². The SMILES string of the molecule is O=C(CCS(=O)(=O)c1ccc(Cl)cc1)Nc1nnc(Cc2ccc3c(c2)OCO3)o1. The minimum absolute atomic E-state index is 0.0976. The number of halogens is 1. The summed E-state index contributed by atoms with van der Waals surface area (Å²) in [5, 5.41) is 10.5. The molecular formula is C19H16ClN3O6S. The zero-order chi connectivity index (χ0) is 21.1. The molecular weight excluding hydrogens is 434 g/mol. The van der Waals surface area contributed by atoms with Crippen LogP contribution in [0.2, 0.25) is 5.02 Å². The largest absolute Gasteiger partial charge is 0.454 e. The minimum Gasteiger partial charge on any atom is -0.454 e. The second-order valence-corrected chi connectivity index (χ2v) is 8.98. The first kappa shape index (κ1) is 20.2. The Kier molecular flexibility index (Phi) is 5.60. The Bertz CT molecular complexity index is 1180. The third-order valence-electron chi connectivity index (χ3n) is 4.28. The van der Waals surface area contributed by atoms with Crippen LogP contribution in [-0.4, -0.2) is 37.1 Å². The van der Waals surface area contributed by atoms with Crippen molar-refractivity contribution < 1.29 is 27.1 Å². The van der Waals surface area contributed by atoms with Gasteiger partial charge in [0.1, 0.15) is 0 Å². The lowest BCUT2D eigenvalue weighted by molar-refractivity contribution is -0.116. The van der Waals surface area contributed by atoms with Crippen LogP contribution in [0.3, 0.4) is 0 Å². The molecule has 0 bridgehead atoms. The molecule has 0 saturated carbocycles. The third-order valence-corrected chi connectivity index (χ3v) is 6.26. The molecule has 1 aromatic heterocycles. The molecule has 1 N–H and O–H groups in total. The van der Waals surface area contributed by atoms with Gasteiger partial charge in [-0.25, -0.2) is 8.42 Å². The van der Waals surface area contributed by atoms with Gasteiger partial charge in [0.2, 0.25) is 18.6 Å². The summed E-state index contributed by atoms with van der Waals surface area (Å²) in [5.74, 6) is 0.690. The van der Waals surface area contributed by atoms with Crippen LogP contribution in [0.4, 0.5) is 6.01 Å². The van der Waals surface area contributed by atoms with E-state index in [-0.39, 0.29) is 35.8 Å². The quantitative estimate of drug-likeness (QED) is 0.584. The maximum atomic E-state index is 12.3. The molecule has 1 aliphatic rings. The number of benzene rings is 2. The second kappa shape index (κ2) is 8.33. The summed E-state index contributed by atoms with van der Waals surface area (Å²) in [7, 11) is -3.61. The lowest BCUT2D eigenvalue weighted by Crippen LogP contribution is -2.17. The van der Waals surface area contributed by atoms with Crippen LogP contribution < -0.4 is 14.8 Å². The van der Waals surface area contributed by atoms with Crippen LogP contribution in [-0.2, 0) is 21.1 Å². The molecule has 11 heteroatoms. The van der Waals surface area contributed by atoms with Crippen molar-refractivity contribution in [1.82, 2.24) is 10.2 Å². The van der Waals surface area contributed by atoms with Gasteiger partial charge in [-0.2, -0.15) is 0 Å². The fourth-order valence-corrected chi connectivity index (χ4v) is 4.14. The first-order chi connectivity index (χ1) is 14.4. The first-order valence-electron chi connectivity index (χ1n) is 8.88. The van der Waals surface area contributed by atoms with Gasteiger partial charge in [0.05, 0.1) is 17.1 Å². The van der Waals surface area contributed by atoms with Gasteiger partial charge in [0, 0.05) is 11.4 Å². The summed E-state index contributed by atoms with van der Waals surface area (Å²) in [6.45, 7) is 0.184. The first-order valence-corrected chi connectivity index (χ1v) is 10.9. The van der Waals surface area contributed by atoms with Crippen LogP contribution in [0.25, 0.3) is 0 Å². The number of hydrogen-bond acceptors (Lipinski definition) is 8. The van der Waals surface area contributed by atoms with Crippen LogP contribution >= 0.6 is 11.6 Å². The van der Waals surface area contributed by atoms with E-state index < -0.39 is 15.7 Å². The van der Waals surface area contributed by atoms with E-state index in [0.717, 1.165) is 5.56 Å². The number of amides is 1. The van der Waals surface area contributed by atoms with Gasteiger partial charge in [-0.3, -0.25) is 10.1 Å². The molecule has 0 saturated heterocycles. The van der Waals surface area contributed by atoms with Gasteiger partial charge >= 0.3 is 6.01 Å². The standard InChI is InChI=1S/C19H16ClN3O6S/c20-13-2-4-14(5-3-13)30(25,26)8-7-17(24)21-19-23-22-18(29-19)10-12-1-6-15-16(9-12)28-11-27-15/h1-6,9H,7-8,10-11H2,(H,21,23,24). The summed E-state index contributed by atoms with van der Waals surface area (Å²) in [4.78, 5) is 12.2. The zero-order valence-electron chi connectivity index (χ0n) is 15.5. The van der Waals surface area contributed by atoms with Crippen molar-refractivity contribution in [2.45, 2.75) is 17.7 Å². The highest BCUT2D eigenvalue weighted by atomic mass is 35.5. The van der Waals surface area contributed by atoms with Crippen LogP contribution in [0.15, 0.2) is 51.8 Å². The molecule has 2 aromatic carbocycles. The molecule has 156 valence electrons. The van der Waals surface area contributed by atoms with E-state index in [4.69, 9.17) is 25.5 Å². The van der Waals surface area contributed by atoms with E-state index in [1.807, 2.05) is 12.1 Å². The fraction of sp³-hybridized carbons (Fsp3) is 0.211. The van der Waals surface area contributed by atoms with Crippen molar-refractivity contribution in [3.63, 3.8) is 0 Å². The average Bonchev–Trinajstić information content (AvgIpc) is 3.36. The summed E-state index contributed by atoms with van der Waals surface area (Å²) in [6, 6.07) is 11.1. The molecule has 1 amide bonds. The smallest absolute Gasteiger partial charge is 0.322 e. The van der Waals surface area contributed by atoms with Crippen molar-refractivity contribution >= 4 is 33.4 Å². The summed E-state index contributed by atoms with van der Waals surface area (Å²) in [5.41, 5.74) is 0.870. The van der Waals surface area contributed by atoms with E-state index in [9.17, 15) is 13.2 Å². The van der Waals surface area contributed by atoms with Crippen LogP contribution in [0.1, 0.15) is 17.9 Å². The van der Waals surface area contributed by atoms with E-state index in [1.165, 1.54) is 24.3 Å². The maximum absolute atomic E-state index is 12.3. The molecule has 4 rings (SSSR count). The topological polar surface area (TPSA) is 121 Å². The highest BCUT2D eigenvalue weighted by Crippen LogP contribution is 2.33. The molecule has 2 heterocycles. The summed E-state index contributed by atoms with van der Waals surface area (Å²) >= 11 is 5.76. The number of sulfone groups is 1. The van der Waals surface area contributed by atoms with Crippen molar-refractivity contribution in [2.24, 2.45) is 0 Å². The van der Waals surface area contributed by atoms with E-state index >= 15 is 0 Å². The molecule has 0 fully saturated rings. The van der Waals surface area contributed by atoms with Crippen LogP contribution in [0, 0.1) is 0 Å². The minimum atomic E-state index is -3.61. The lowest BCUT2D eigenvalue weighted by Gasteiger charge is -2.04. The molecule has 0 aliphatic carbocycles.